The Hall–Kier alpha value is -1.28. The Bertz CT molecular complexity index is 731. The fourth-order valence-corrected chi connectivity index (χ4v) is 3.51. The summed E-state index contributed by atoms with van der Waals surface area (Å²) in [6.45, 7) is 0. The van der Waals surface area contributed by atoms with E-state index in [0.717, 1.165) is 4.47 Å². The second-order valence-corrected chi connectivity index (χ2v) is 7.42. The van der Waals surface area contributed by atoms with Crippen LogP contribution in [-0.2, 0) is 10.0 Å². The third kappa shape index (κ3) is 4.10. The first-order valence-corrected chi connectivity index (χ1v) is 8.71. The predicted octanol–water partition coefficient (Wildman–Crippen LogP) is 2.75. The van der Waals surface area contributed by atoms with Crippen LogP contribution in [0.5, 0.6) is 0 Å². The van der Waals surface area contributed by atoms with Gasteiger partial charge in [0, 0.05) is 4.47 Å². The Labute approximate surface area is 137 Å². The predicted molar refractivity (Wildman–Crippen MR) is 90.4 cm³/mol. The number of rotatable bonds is 5. The molecular weight excluding hydrogens is 372 g/mol. The van der Waals surface area contributed by atoms with Crippen LogP contribution < -0.4 is 10.5 Å². The van der Waals surface area contributed by atoms with E-state index in [-0.39, 0.29) is 9.88 Å². The first-order valence-electron chi connectivity index (χ1n) is 6.02. The summed E-state index contributed by atoms with van der Waals surface area (Å²) in [7, 11) is -3.71. The first kappa shape index (κ1) is 16.1. The highest BCUT2D eigenvalue weighted by Crippen LogP contribution is 2.19. The third-order valence-corrected chi connectivity index (χ3v) is 5.02. The van der Waals surface area contributed by atoms with E-state index < -0.39 is 16.1 Å². The van der Waals surface area contributed by atoms with Gasteiger partial charge < -0.3 is 5.73 Å². The third-order valence-electron chi connectivity index (χ3n) is 2.81. The molecule has 0 fully saturated rings. The molecule has 4 nitrogen and oxygen atoms in total. The number of sulfonamides is 1. The van der Waals surface area contributed by atoms with Crippen molar-refractivity contribution in [1.29, 1.82) is 0 Å². The second kappa shape index (κ2) is 6.65. The van der Waals surface area contributed by atoms with E-state index in [0.29, 0.717) is 5.56 Å². The molecule has 110 valence electrons. The highest BCUT2D eigenvalue weighted by atomic mass is 79.9. The highest BCUT2D eigenvalue weighted by molar-refractivity contribution is 9.10. The van der Waals surface area contributed by atoms with E-state index in [4.69, 9.17) is 18.0 Å². The molecule has 0 spiro atoms. The van der Waals surface area contributed by atoms with E-state index >= 15 is 0 Å². The Balaban J connectivity index is 2.32. The van der Waals surface area contributed by atoms with Gasteiger partial charge in [-0.1, -0.05) is 58.5 Å². The van der Waals surface area contributed by atoms with Gasteiger partial charge in [0.05, 0.1) is 15.9 Å². The molecule has 2 aromatic rings. The maximum Gasteiger partial charge on any atom is 0.241 e. The fourth-order valence-electron chi connectivity index (χ4n) is 1.77. The molecule has 2 rings (SSSR count). The van der Waals surface area contributed by atoms with Gasteiger partial charge in [0.2, 0.25) is 10.0 Å². The summed E-state index contributed by atoms with van der Waals surface area (Å²) in [4.78, 5) is 0.227. The van der Waals surface area contributed by atoms with Gasteiger partial charge >= 0.3 is 0 Å². The zero-order chi connectivity index (χ0) is 15.5. The molecule has 7 heteroatoms. The van der Waals surface area contributed by atoms with E-state index in [1.54, 1.807) is 36.4 Å². The minimum Gasteiger partial charge on any atom is -0.392 e. The Morgan fingerprint density at radius 3 is 2.19 bits per heavy atom. The van der Waals surface area contributed by atoms with Crippen molar-refractivity contribution in [3.8, 4) is 0 Å². The summed E-state index contributed by atoms with van der Waals surface area (Å²) in [5, 5.41) is 0. The fraction of sp³-hybridized carbons (Fsp3) is 0.0714. The standard InChI is InChI=1S/C14H13BrN2O2S2/c15-11-6-8-12(9-7-11)21(18,19)17-13(14(16)20)10-4-2-1-3-5-10/h1-9,13,17H,(H2,16,20). The van der Waals surface area contributed by atoms with Crippen LogP contribution >= 0.6 is 28.1 Å². The molecule has 1 atom stereocenters. The Morgan fingerprint density at radius 1 is 1.10 bits per heavy atom. The van der Waals surface area contributed by atoms with Gasteiger partial charge in [0.15, 0.2) is 0 Å². The maximum atomic E-state index is 12.4. The number of halogens is 1. The van der Waals surface area contributed by atoms with Crippen molar-refractivity contribution in [2.75, 3.05) is 0 Å². The van der Waals surface area contributed by atoms with Gasteiger partial charge in [-0.05, 0) is 29.8 Å². The lowest BCUT2D eigenvalue weighted by Gasteiger charge is -2.18. The van der Waals surface area contributed by atoms with Gasteiger partial charge in [-0.3, -0.25) is 0 Å². The molecule has 21 heavy (non-hydrogen) atoms. The second-order valence-electron chi connectivity index (χ2n) is 4.32. The molecule has 2 aromatic carbocycles. The van der Waals surface area contributed by atoms with Crippen LogP contribution in [0.4, 0.5) is 0 Å². The van der Waals surface area contributed by atoms with Crippen LogP contribution in [0.25, 0.3) is 0 Å². The van der Waals surface area contributed by atoms with E-state index in [9.17, 15) is 8.42 Å². The monoisotopic (exact) mass is 384 g/mol. The van der Waals surface area contributed by atoms with Crippen molar-refractivity contribution < 1.29 is 8.42 Å². The topological polar surface area (TPSA) is 72.2 Å². The van der Waals surface area contributed by atoms with Crippen LogP contribution in [0.15, 0.2) is 64.0 Å². The van der Waals surface area contributed by atoms with Gasteiger partial charge in [0.25, 0.3) is 0 Å². The van der Waals surface area contributed by atoms with Gasteiger partial charge in [-0.15, -0.1) is 0 Å². The van der Waals surface area contributed by atoms with E-state index in [1.807, 2.05) is 6.07 Å². The van der Waals surface area contributed by atoms with Crippen LogP contribution in [0, 0.1) is 0 Å². The normalized spacial score (nSPS) is 12.8. The molecule has 1 unspecified atom stereocenters. The van der Waals surface area contributed by atoms with Crippen LogP contribution in [0.1, 0.15) is 11.6 Å². The van der Waals surface area contributed by atoms with Gasteiger partial charge in [0.1, 0.15) is 0 Å². The minimum absolute atomic E-state index is 0.0712. The van der Waals surface area contributed by atoms with Crippen molar-refractivity contribution in [3.05, 3.63) is 64.6 Å². The number of nitrogens with two attached hydrogens (primary N) is 1. The van der Waals surface area contributed by atoms with Crippen molar-refractivity contribution in [2.45, 2.75) is 10.9 Å². The van der Waals surface area contributed by atoms with Gasteiger partial charge in [-0.2, -0.15) is 4.72 Å². The quantitative estimate of drug-likeness (QED) is 0.777. The number of hydrogen-bond donors (Lipinski definition) is 2. The number of thiocarbonyl (C=S) groups is 1. The lowest BCUT2D eigenvalue weighted by Crippen LogP contribution is -2.36. The minimum atomic E-state index is -3.71. The number of benzene rings is 2. The lowest BCUT2D eigenvalue weighted by molar-refractivity contribution is 0.577. The van der Waals surface area contributed by atoms with Crippen molar-refractivity contribution in [1.82, 2.24) is 4.72 Å². The zero-order valence-corrected chi connectivity index (χ0v) is 14.1. The molecule has 0 saturated carbocycles. The molecule has 3 N–H and O–H groups in total. The molecule has 0 heterocycles. The molecule has 0 aliphatic heterocycles. The summed E-state index contributed by atoms with van der Waals surface area (Å²) < 4.78 is 28.1. The van der Waals surface area contributed by atoms with E-state index in [1.165, 1.54) is 12.1 Å². The van der Waals surface area contributed by atoms with Crippen LogP contribution in [0.2, 0.25) is 0 Å². The average molecular weight is 385 g/mol. The van der Waals surface area contributed by atoms with E-state index in [2.05, 4.69) is 20.7 Å². The summed E-state index contributed by atoms with van der Waals surface area (Å²) >= 11 is 8.25. The SMILES string of the molecule is NC(=S)C(NS(=O)(=O)c1ccc(Br)cc1)c1ccccc1. The average Bonchev–Trinajstić information content (AvgIpc) is 2.46. The molecule has 0 aliphatic carbocycles. The van der Waals surface area contributed by atoms with Crippen molar-refractivity contribution in [2.24, 2.45) is 5.73 Å². The maximum absolute atomic E-state index is 12.4. The van der Waals surface area contributed by atoms with Crippen molar-refractivity contribution >= 4 is 43.2 Å². The molecule has 0 aliphatic rings. The largest absolute Gasteiger partial charge is 0.392 e. The Kier molecular flexibility index (Phi) is 5.10. The number of nitrogens with one attached hydrogen (secondary N) is 1. The number of hydrogen-bond acceptors (Lipinski definition) is 3. The molecule has 0 radical (unpaired) electrons. The first-order chi connectivity index (χ1) is 9.90. The zero-order valence-electron chi connectivity index (χ0n) is 10.9. The Morgan fingerprint density at radius 2 is 1.67 bits per heavy atom. The van der Waals surface area contributed by atoms with Gasteiger partial charge in [-0.25, -0.2) is 8.42 Å². The molecule has 0 amide bonds. The summed E-state index contributed by atoms with van der Waals surface area (Å²) in [6, 6.07) is 14.6. The van der Waals surface area contributed by atoms with Crippen LogP contribution in [0.3, 0.4) is 0 Å². The summed E-state index contributed by atoms with van der Waals surface area (Å²) in [5.74, 6) is 0. The summed E-state index contributed by atoms with van der Waals surface area (Å²) in [6.07, 6.45) is 0. The smallest absolute Gasteiger partial charge is 0.241 e. The lowest BCUT2D eigenvalue weighted by atomic mass is 10.1. The molecule has 0 saturated heterocycles. The van der Waals surface area contributed by atoms with Crippen LogP contribution in [-0.4, -0.2) is 13.4 Å². The highest BCUT2D eigenvalue weighted by Gasteiger charge is 2.23. The molecule has 0 bridgehead atoms. The molecule has 0 aromatic heterocycles. The summed E-state index contributed by atoms with van der Waals surface area (Å²) in [5.41, 5.74) is 6.37. The van der Waals surface area contributed by atoms with Crippen molar-refractivity contribution in [3.63, 3.8) is 0 Å². The molecular formula is C14H13BrN2O2S2.